The van der Waals surface area contributed by atoms with Gasteiger partial charge in [0.25, 0.3) is 12.2 Å². The van der Waals surface area contributed by atoms with Crippen molar-refractivity contribution >= 4 is 16.7 Å². The summed E-state index contributed by atoms with van der Waals surface area (Å²) in [6.45, 7) is 0. The van der Waals surface area contributed by atoms with E-state index in [4.69, 9.17) is 0 Å². The van der Waals surface area contributed by atoms with E-state index in [9.17, 15) is 4.79 Å². The molecule has 4 aromatic carbocycles. The lowest BCUT2D eigenvalue weighted by atomic mass is 10.0. The van der Waals surface area contributed by atoms with Crippen LogP contribution >= 0.6 is 0 Å². The first kappa shape index (κ1) is 19.4. The monoisotopic (exact) mass is 431 g/mol. The molecular formula is C28H23N4O+. The largest absolute Gasteiger partial charge is 0.342 e. The first-order chi connectivity index (χ1) is 16.3. The molecule has 2 atom stereocenters. The fourth-order valence-electron chi connectivity index (χ4n) is 4.85. The van der Waals surface area contributed by atoms with Crippen LogP contribution in [-0.2, 0) is 6.42 Å². The Bertz CT molecular complexity index is 1450. The van der Waals surface area contributed by atoms with Gasteiger partial charge in [-0.05, 0) is 40.1 Å². The Morgan fingerprint density at radius 1 is 0.879 bits per heavy atom. The van der Waals surface area contributed by atoms with Crippen LogP contribution in [0.2, 0.25) is 0 Å². The van der Waals surface area contributed by atoms with Gasteiger partial charge >= 0.3 is 0 Å². The summed E-state index contributed by atoms with van der Waals surface area (Å²) in [6.07, 6.45) is 4.69. The number of nitrogens with zero attached hydrogens (tertiary/aromatic N) is 3. The Balaban J connectivity index is 1.36. The molecule has 1 aliphatic rings. The van der Waals surface area contributed by atoms with Gasteiger partial charge in [0.05, 0.1) is 6.04 Å². The topological polar surface area (TPSA) is 50.8 Å². The van der Waals surface area contributed by atoms with Crippen LogP contribution < -0.4 is 9.88 Å². The zero-order chi connectivity index (χ0) is 22.2. The Labute approximate surface area is 191 Å². The molecule has 1 aliphatic carbocycles. The lowest BCUT2D eigenvalue weighted by Crippen LogP contribution is -2.45. The number of para-hydroxylation sites is 1. The minimum atomic E-state index is -0.147. The summed E-state index contributed by atoms with van der Waals surface area (Å²) < 4.78 is 3.98. The lowest BCUT2D eigenvalue weighted by molar-refractivity contribution is -0.725. The van der Waals surface area contributed by atoms with E-state index in [2.05, 4.69) is 33.2 Å². The van der Waals surface area contributed by atoms with E-state index in [-0.39, 0.29) is 18.0 Å². The molecular weight excluding hydrogens is 408 g/mol. The van der Waals surface area contributed by atoms with Gasteiger partial charge < -0.3 is 5.32 Å². The molecule has 0 saturated carbocycles. The standard InChI is InChI=1S/C28H22N4O/c33-28(25-16-8-11-20-9-4-6-14-23(20)25)30-27-24-15-7-5-10-21(24)17-26(27)31-18-29-32(19-31)22-12-2-1-3-13-22/h1-16,18-19,26-27H,17H2/p+1/t26?,27-/m1/s1. The molecule has 1 amide bonds. The molecule has 33 heavy (non-hydrogen) atoms. The van der Waals surface area contributed by atoms with Gasteiger partial charge in [0.1, 0.15) is 11.7 Å². The molecule has 0 aliphatic heterocycles. The fourth-order valence-corrected chi connectivity index (χ4v) is 4.85. The molecule has 5 aromatic rings. The van der Waals surface area contributed by atoms with Crippen LogP contribution in [0.5, 0.6) is 0 Å². The molecule has 0 radical (unpaired) electrons. The van der Waals surface area contributed by atoms with E-state index in [1.54, 1.807) is 0 Å². The van der Waals surface area contributed by atoms with Crippen LogP contribution in [0.25, 0.3) is 16.5 Å². The number of carbonyl (C=O) groups excluding carboxylic acids is 1. The zero-order valence-corrected chi connectivity index (χ0v) is 18.0. The fraction of sp³-hybridized carbons (Fsp3) is 0.107. The number of benzene rings is 4. The van der Waals surface area contributed by atoms with Gasteiger partial charge in [0.2, 0.25) is 6.33 Å². The number of rotatable bonds is 4. The third-order valence-corrected chi connectivity index (χ3v) is 6.48. The lowest BCUT2D eigenvalue weighted by Gasteiger charge is -2.20. The maximum absolute atomic E-state index is 13.5. The first-order valence-corrected chi connectivity index (χ1v) is 11.2. The highest BCUT2D eigenvalue weighted by Gasteiger charge is 2.37. The Kier molecular flexibility index (Phi) is 4.73. The predicted molar refractivity (Wildman–Crippen MR) is 127 cm³/mol. The number of nitrogens with one attached hydrogen (secondary N) is 1. The number of aromatic nitrogens is 3. The number of hydrogen-bond donors (Lipinski definition) is 1. The van der Waals surface area contributed by atoms with Gasteiger partial charge in [-0.25, -0.2) is 4.57 Å². The first-order valence-electron chi connectivity index (χ1n) is 11.2. The average Bonchev–Trinajstić information content (AvgIpc) is 3.50. The molecule has 0 spiro atoms. The minimum absolute atomic E-state index is 0.0405. The predicted octanol–water partition coefficient (Wildman–Crippen LogP) is 4.58. The molecule has 5 nitrogen and oxygen atoms in total. The molecule has 0 bridgehead atoms. The van der Waals surface area contributed by atoms with Crippen molar-refractivity contribution in [2.24, 2.45) is 0 Å². The smallest absolute Gasteiger partial charge is 0.265 e. The molecule has 6 rings (SSSR count). The second-order valence-corrected chi connectivity index (χ2v) is 8.42. The molecule has 0 saturated heterocycles. The molecule has 160 valence electrons. The van der Waals surface area contributed by atoms with Crippen LogP contribution in [0.15, 0.2) is 110 Å². The molecule has 1 heterocycles. The van der Waals surface area contributed by atoms with Crippen LogP contribution in [0.4, 0.5) is 0 Å². The number of hydrogen-bond acceptors (Lipinski definition) is 2. The minimum Gasteiger partial charge on any atom is -0.342 e. The maximum atomic E-state index is 13.5. The van der Waals surface area contributed by atoms with E-state index in [0.717, 1.165) is 28.4 Å². The summed E-state index contributed by atoms with van der Waals surface area (Å²) in [5.74, 6) is -0.0606. The van der Waals surface area contributed by atoms with Crippen molar-refractivity contribution in [1.29, 1.82) is 0 Å². The van der Waals surface area contributed by atoms with Gasteiger partial charge in [-0.2, -0.15) is 0 Å². The summed E-state index contributed by atoms with van der Waals surface area (Å²) >= 11 is 0. The van der Waals surface area contributed by atoms with Crippen LogP contribution in [0.3, 0.4) is 0 Å². The van der Waals surface area contributed by atoms with Gasteiger partial charge in [-0.1, -0.05) is 83.5 Å². The van der Waals surface area contributed by atoms with E-state index >= 15 is 0 Å². The Hall–Kier alpha value is -4.25. The average molecular weight is 432 g/mol. The van der Waals surface area contributed by atoms with Crippen molar-refractivity contribution in [3.63, 3.8) is 0 Å². The highest BCUT2D eigenvalue weighted by Crippen LogP contribution is 2.36. The van der Waals surface area contributed by atoms with Crippen LogP contribution in [0, 0.1) is 0 Å². The summed E-state index contributed by atoms with van der Waals surface area (Å²) in [4.78, 5) is 13.5. The highest BCUT2D eigenvalue weighted by molar-refractivity contribution is 6.07. The van der Waals surface area contributed by atoms with Gasteiger partial charge in [0, 0.05) is 17.1 Å². The molecule has 5 heteroatoms. The quantitative estimate of drug-likeness (QED) is 0.424. The number of amides is 1. The van der Waals surface area contributed by atoms with Gasteiger partial charge in [-0.3, -0.25) is 4.79 Å². The Morgan fingerprint density at radius 2 is 1.64 bits per heavy atom. The third kappa shape index (κ3) is 3.48. The third-order valence-electron chi connectivity index (χ3n) is 6.48. The van der Waals surface area contributed by atoms with Crippen molar-refractivity contribution in [3.05, 3.63) is 126 Å². The van der Waals surface area contributed by atoms with Crippen molar-refractivity contribution in [2.75, 3.05) is 0 Å². The summed E-state index contributed by atoms with van der Waals surface area (Å²) in [5.41, 5.74) is 4.12. The van der Waals surface area contributed by atoms with Crippen molar-refractivity contribution < 1.29 is 9.36 Å². The Morgan fingerprint density at radius 3 is 2.55 bits per heavy atom. The second-order valence-electron chi connectivity index (χ2n) is 8.42. The second kappa shape index (κ2) is 8.02. The van der Waals surface area contributed by atoms with Crippen molar-refractivity contribution in [3.8, 4) is 5.69 Å². The summed E-state index contributed by atoms with van der Waals surface area (Å²) in [7, 11) is 0. The number of fused-ring (bicyclic) bond motifs is 2. The van der Waals surface area contributed by atoms with E-state index in [1.807, 2.05) is 96.2 Å². The molecule has 0 fully saturated rings. The molecule has 1 aromatic heterocycles. The summed E-state index contributed by atoms with van der Waals surface area (Å²) in [6, 6.07) is 32.2. The van der Waals surface area contributed by atoms with Gasteiger partial charge in [-0.15, -0.1) is 0 Å². The van der Waals surface area contributed by atoms with Crippen LogP contribution in [-0.4, -0.2) is 15.7 Å². The molecule has 1 unspecified atom stereocenters. The normalized spacial score (nSPS) is 17.1. The highest BCUT2D eigenvalue weighted by atomic mass is 16.1. The van der Waals surface area contributed by atoms with Crippen molar-refractivity contribution in [1.82, 2.24) is 15.1 Å². The van der Waals surface area contributed by atoms with Crippen LogP contribution in [0.1, 0.15) is 33.6 Å². The SMILES string of the molecule is O=C(N[C@@H]1c2ccccc2CC1[n+]1cnn(-c2ccccc2)c1)c1cccc2ccccc12. The van der Waals surface area contributed by atoms with E-state index in [1.165, 1.54) is 5.56 Å². The molecule has 1 N–H and O–H groups in total. The van der Waals surface area contributed by atoms with E-state index < -0.39 is 0 Å². The maximum Gasteiger partial charge on any atom is 0.265 e. The van der Waals surface area contributed by atoms with E-state index in [0.29, 0.717) is 5.56 Å². The number of carbonyl (C=O) groups is 1. The van der Waals surface area contributed by atoms with Gasteiger partial charge in [0.15, 0.2) is 0 Å². The summed E-state index contributed by atoms with van der Waals surface area (Å²) in [5, 5.41) is 9.94. The van der Waals surface area contributed by atoms with Crippen molar-refractivity contribution in [2.45, 2.75) is 18.5 Å². The zero-order valence-electron chi connectivity index (χ0n) is 18.0.